The Morgan fingerprint density at radius 3 is 1.21 bits per heavy atom. The maximum atomic E-state index is 12.9. The number of phosphoric acid groups is 1. The summed E-state index contributed by atoms with van der Waals surface area (Å²) < 4.78 is 39.3. The van der Waals surface area contributed by atoms with Crippen LogP contribution in [0, 0.1) is 0 Å². The second-order valence-corrected chi connectivity index (χ2v) is 19.8. The number of aliphatic hydroxyl groups is 1. The number of esters is 3. The Hall–Kier alpha value is -3.08. The van der Waals surface area contributed by atoms with Gasteiger partial charge in [-0.1, -0.05) is 209 Å². The lowest BCUT2D eigenvalue weighted by molar-refractivity contribution is -0.161. The van der Waals surface area contributed by atoms with Crippen LogP contribution in [0.15, 0.2) is 72.9 Å². The molecule has 0 aliphatic heterocycles. The number of phosphoric ester groups is 1. The number of hydrogen-bond acceptors (Lipinski definition) is 10. The fourth-order valence-electron chi connectivity index (χ4n) is 7.39. The maximum absolute atomic E-state index is 12.9. The average Bonchev–Trinajstić information content (AvgIpc) is 3.35. The van der Waals surface area contributed by atoms with Gasteiger partial charge in [-0.05, 0) is 83.5 Å². The number of allylic oxidation sites excluding steroid dienone is 12. The van der Waals surface area contributed by atoms with Crippen molar-refractivity contribution in [2.45, 2.75) is 251 Å². The van der Waals surface area contributed by atoms with Gasteiger partial charge in [-0.15, -0.1) is 0 Å². The van der Waals surface area contributed by atoms with Crippen molar-refractivity contribution in [3.05, 3.63) is 72.9 Å². The van der Waals surface area contributed by atoms with E-state index in [2.05, 4.69) is 81.5 Å². The first-order valence-electron chi connectivity index (χ1n) is 27.8. The first-order chi connectivity index (χ1) is 34.2. The van der Waals surface area contributed by atoms with Gasteiger partial charge in [0.25, 0.3) is 0 Å². The molecule has 0 aromatic carbocycles. The highest BCUT2D eigenvalue weighted by molar-refractivity contribution is 7.47. The van der Waals surface area contributed by atoms with Gasteiger partial charge < -0.3 is 24.2 Å². The molecular formula is C58H101O11P. The molecule has 404 valence electrons. The molecule has 11 nitrogen and oxygen atoms in total. The monoisotopic (exact) mass is 1000 g/mol. The van der Waals surface area contributed by atoms with Crippen LogP contribution < -0.4 is 0 Å². The number of ether oxygens (including phenoxy) is 3. The van der Waals surface area contributed by atoms with Gasteiger partial charge in [0.15, 0.2) is 6.10 Å². The summed E-state index contributed by atoms with van der Waals surface area (Å²) >= 11 is 0. The van der Waals surface area contributed by atoms with Gasteiger partial charge in [0, 0.05) is 19.3 Å². The number of unbranched alkanes of at least 4 members (excludes halogenated alkanes) is 22. The van der Waals surface area contributed by atoms with Crippen molar-refractivity contribution in [3.8, 4) is 0 Å². The fourth-order valence-corrected chi connectivity index (χ4v) is 8.17. The van der Waals surface area contributed by atoms with E-state index in [0.717, 1.165) is 77.0 Å². The molecule has 0 aliphatic rings. The zero-order valence-electron chi connectivity index (χ0n) is 44.5. The minimum atomic E-state index is -4.76. The van der Waals surface area contributed by atoms with Gasteiger partial charge in [0.1, 0.15) is 12.7 Å². The molecule has 3 atom stereocenters. The van der Waals surface area contributed by atoms with Crippen molar-refractivity contribution in [1.82, 2.24) is 0 Å². The second kappa shape index (κ2) is 52.2. The van der Waals surface area contributed by atoms with Gasteiger partial charge in [0.05, 0.1) is 19.8 Å². The number of rotatable bonds is 51. The first kappa shape index (κ1) is 66.9. The largest absolute Gasteiger partial charge is 0.472 e. The summed E-state index contributed by atoms with van der Waals surface area (Å²) in [7, 11) is -4.76. The first-order valence-corrected chi connectivity index (χ1v) is 29.3. The van der Waals surface area contributed by atoms with Crippen molar-refractivity contribution < 1.29 is 52.2 Å². The van der Waals surface area contributed by atoms with Crippen LogP contribution in [0.3, 0.4) is 0 Å². The lowest BCUT2D eigenvalue weighted by Gasteiger charge is -2.21. The summed E-state index contributed by atoms with van der Waals surface area (Å²) in [6.45, 7) is 4.43. The van der Waals surface area contributed by atoms with E-state index in [9.17, 15) is 28.9 Å². The highest BCUT2D eigenvalue weighted by Gasteiger charge is 2.28. The minimum Gasteiger partial charge on any atom is -0.462 e. The quantitative estimate of drug-likeness (QED) is 0.0197. The van der Waals surface area contributed by atoms with Crippen LogP contribution in [0.2, 0.25) is 0 Å². The van der Waals surface area contributed by atoms with Crippen molar-refractivity contribution in [3.63, 3.8) is 0 Å². The molecule has 0 saturated heterocycles. The maximum Gasteiger partial charge on any atom is 0.472 e. The lowest BCUT2D eigenvalue weighted by atomic mass is 10.1. The van der Waals surface area contributed by atoms with E-state index in [1.807, 2.05) is 12.2 Å². The summed E-state index contributed by atoms with van der Waals surface area (Å²) in [5.74, 6) is -1.54. The molecule has 12 heteroatoms. The third kappa shape index (κ3) is 49.9. The molecule has 0 heterocycles. The molecule has 0 rings (SSSR count). The number of hydrogen-bond donors (Lipinski definition) is 2. The predicted octanol–water partition coefficient (Wildman–Crippen LogP) is 16.1. The van der Waals surface area contributed by atoms with E-state index in [0.29, 0.717) is 25.7 Å². The molecule has 2 N–H and O–H groups in total. The Morgan fingerprint density at radius 1 is 0.414 bits per heavy atom. The summed E-state index contributed by atoms with van der Waals surface area (Å²) in [4.78, 5) is 48.3. The number of carbonyl (C=O) groups excluding carboxylic acids is 3. The highest BCUT2D eigenvalue weighted by atomic mass is 31.2. The molecule has 3 unspecified atom stereocenters. The van der Waals surface area contributed by atoms with Crippen LogP contribution in [0.4, 0.5) is 0 Å². The van der Waals surface area contributed by atoms with Crippen molar-refractivity contribution >= 4 is 25.7 Å². The van der Waals surface area contributed by atoms with Crippen LogP contribution in [-0.4, -0.2) is 66.5 Å². The second-order valence-electron chi connectivity index (χ2n) is 18.4. The highest BCUT2D eigenvalue weighted by Crippen LogP contribution is 2.43. The van der Waals surface area contributed by atoms with Gasteiger partial charge in [-0.25, -0.2) is 4.57 Å². The molecular weight excluding hydrogens is 904 g/mol. The molecule has 0 radical (unpaired) electrons. The Kier molecular flexibility index (Phi) is 50.0. The van der Waals surface area contributed by atoms with Gasteiger partial charge in [-0.3, -0.25) is 23.4 Å². The van der Waals surface area contributed by atoms with Crippen LogP contribution in [-0.2, 0) is 42.2 Å². The van der Waals surface area contributed by atoms with E-state index in [4.69, 9.17) is 23.3 Å². The normalized spacial score (nSPS) is 14.0. The molecule has 0 aliphatic carbocycles. The molecule has 0 bridgehead atoms. The number of aliphatic hydroxyl groups excluding tert-OH is 1. The van der Waals surface area contributed by atoms with E-state index in [-0.39, 0.29) is 25.9 Å². The van der Waals surface area contributed by atoms with E-state index >= 15 is 0 Å². The van der Waals surface area contributed by atoms with Gasteiger partial charge in [-0.2, -0.15) is 0 Å². The summed E-state index contributed by atoms with van der Waals surface area (Å²) in [5, 5.41) is 9.76. The Labute approximate surface area is 427 Å². The van der Waals surface area contributed by atoms with Crippen molar-refractivity contribution in [2.24, 2.45) is 0 Å². The van der Waals surface area contributed by atoms with E-state index < -0.39 is 57.8 Å². The van der Waals surface area contributed by atoms with Gasteiger partial charge >= 0.3 is 25.7 Å². The third-order valence-electron chi connectivity index (χ3n) is 11.6. The van der Waals surface area contributed by atoms with Crippen LogP contribution in [0.1, 0.15) is 239 Å². The summed E-state index contributed by atoms with van der Waals surface area (Å²) in [5.41, 5.74) is 0. The smallest absolute Gasteiger partial charge is 0.462 e. The van der Waals surface area contributed by atoms with E-state index in [1.165, 1.54) is 96.3 Å². The van der Waals surface area contributed by atoms with Crippen LogP contribution in [0.25, 0.3) is 0 Å². The molecule has 0 saturated carbocycles. The molecule has 70 heavy (non-hydrogen) atoms. The predicted molar refractivity (Wildman–Crippen MR) is 288 cm³/mol. The summed E-state index contributed by atoms with van der Waals surface area (Å²) in [6.07, 6.45) is 57.4. The fraction of sp³-hybridized carbons (Fsp3) is 0.741. The van der Waals surface area contributed by atoms with E-state index in [1.54, 1.807) is 0 Å². The molecule has 0 amide bonds. The lowest BCUT2D eigenvalue weighted by Crippen LogP contribution is -2.30. The molecule has 0 aromatic heterocycles. The zero-order valence-corrected chi connectivity index (χ0v) is 45.4. The van der Waals surface area contributed by atoms with Crippen LogP contribution >= 0.6 is 7.82 Å². The van der Waals surface area contributed by atoms with Crippen molar-refractivity contribution in [1.29, 1.82) is 0 Å². The van der Waals surface area contributed by atoms with Gasteiger partial charge in [0.2, 0.25) is 0 Å². The van der Waals surface area contributed by atoms with Crippen LogP contribution in [0.5, 0.6) is 0 Å². The Bertz CT molecular complexity index is 1450. The minimum absolute atomic E-state index is 0.0879. The Balaban J connectivity index is 4.81. The third-order valence-corrected chi connectivity index (χ3v) is 12.6. The standard InChI is InChI=1S/C58H101O11P/c1-4-7-10-13-16-19-21-23-25-27-29-31-33-36-38-41-44-47-56(60)65-51-55(69-58(62)49-46-43-40-37-34-32-30-28-26-24-22-20-17-14-11-8-5-2)53-67-70(63,64)66-52-54(50-59)68-57(61)48-45-42-39-35-18-15-12-9-6-3/h8,11,17,20,23-26,30,32,37,40,54-55,59H,4-7,9-10,12-16,18-19,21-22,27-29,31,33-36,38-39,41-53H2,1-3H3,(H,63,64)/b11-8-,20-17-,25-23-,26-24-,32-30-,40-37-. The topological polar surface area (TPSA) is 155 Å². The average molecular weight is 1010 g/mol. The molecule has 0 spiro atoms. The van der Waals surface area contributed by atoms with Crippen molar-refractivity contribution in [2.75, 3.05) is 26.4 Å². The number of carbonyl (C=O) groups is 3. The molecule has 0 aromatic rings. The Morgan fingerprint density at radius 2 is 0.757 bits per heavy atom. The molecule has 0 fully saturated rings. The SMILES string of the molecule is CC/C=C\C/C=C\C/C=C\C/C=C\C/C=C\CCCC(=O)OC(COC(=O)CCCCCCCCC/C=C\CCCCCCCC)COP(=O)(O)OCC(CO)OC(=O)CCCCCCCCCCC. The summed E-state index contributed by atoms with van der Waals surface area (Å²) in [6, 6.07) is 0. The zero-order chi connectivity index (χ0) is 51.3.